The quantitative estimate of drug-likeness (QED) is 0.688. The summed E-state index contributed by atoms with van der Waals surface area (Å²) in [6, 6.07) is 7.48. The summed E-state index contributed by atoms with van der Waals surface area (Å²) >= 11 is 6.10. The van der Waals surface area contributed by atoms with Gasteiger partial charge in [-0.2, -0.15) is 0 Å². The van der Waals surface area contributed by atoms with Gasteiger partial charge in [0.25, 0.3) is 0 Å². The largest absolute Gasteiger partial charge is 0.387 e. The summed E-state index contributed by atoms with van der Waals surface area (Å²) in [5.74, 6) is 1.19. The van der Waals surface area contributed by atoms with Gasteiger partial charge in [0.1, 0.15) is 18.4 Å². The van der Waals surface area contributed by atoms with Gasteiger partial charge < -0.3 is 14.8 Å². The fraction of sp³-hybridized carbons (Fsp3) is 0.522. The number of aldehydes is 1. The number of halogens is 1. The Labute approximate surface area is 188 Å². The second-order valence-corrected chi connectivity index (χ2v) is 9.19. The number of rotatable bonds is 6. The van der Waals surface area contributed by atoms with Crippen LogP contribution >= 0.6 is 11.6 Å². The van der Waals surface area contributed by atoms with E-state index in [0.717, 1.165) is 55.1 Å². The van der Waals surface area contributed by atoms with Crippen molar-refractivity contribution in [3.63, 3.8) is 0 Å². The van der Waals surface area contributed by atoms with Gasteiger partial charge >= 0.3 is 0 Å². The fourth-order valence-corrected chi connectivity index (χ4v) is 5.05. The number of hydrogen-bond donors (Lipinski definition) is 1. The molecule has 8 heteroatoms. The van der Waals surface area contributed by atoms with Crippen LogP contribution in [-0.4, -0.2) is 77.5 Å². The number of nitrogens with zero attached hydrogens (tertiary/aromatic N) is 5. The van der Waals surface area contributed by atoms with Crippen molar-refractivity contribution in [2.45, 2.75) is 37.5 Å². The van der Waals surface area contributed by atoms with Gasteiger partial charge in [-0.3, -0.25) is 9.80 Å². The van der Waals surface area contributed by atoms with E-state index in [2.05, 4.69) is 26.7 Å². The molecule has 166 valence electrons. The molecule has 2 aromatic rings. The summed E-state index contributed by atoms with van der Waals surface area (Å²) in [7, 11) is 3.88. The molecule has 0 amide bonds. The molecule has 31 heavy (non-hydrogen) atoms. The van der Waals surface area contributed by atoms with E-state index in [1.54, 1.807) is 6.33 Å². The molecule has 1 aromatic heterocycles. The smallest absolute Gasteiger partial charge is 0.139 e. The van der Waals surface area contributed by atoms with Crippen molar-refractivity contribution in [3.8, 4) is 0 Å². The molecule has 7 nitrogen and oxygen atoms in total. The second-order valence-electron chi connectivity index (χ2n) is 8.76. The van der Waals surface area contributed by atoms with Crippen molar-refractivity contribution < 1.29 is 9.90 Å². The van der Waals surface area contributed by atoms with Crippen LogP contribution in [0.3, 0.4) is 0 Å². The number of piperazine rings is 1. The first-order chi connectivity index (χ1) is 14.9. The summed E-state index contributed by atoms with van der Waals surface area (Å²) < 4.78 is 0. The highest BCUT2D eigenvalue weighted by molar-refractivity contribution is 6.30. The number of likely N-dealkylation sites (N-methyl/N-ethyl adjacent to an activating group) is 1. The van der Waals surface area contributed by atoms with Crippen molar-refractivity contribution in [2.75, 3.05) is 45.2 Å². The first-order valence-corrected chi connectivity index (χ1v) is 11.2. The maximum atomic E-state index is 12.0. The number of aliphatic hydroxyl groups is 1. The lowest BCUT2D eigenvalue weighted by atomic mass is 9.96. The first-order valence-electron chi connectivity index (χ1n) is 10.8. The standard InChI is InChI=1S/C23H30ClN5O2/c1-15-12-19(31)21-20(15)23(26-14-25-21)29-10-8-28(9-11-29)22(18(13-30)27(2)3)16-4-6-17(24)7-5-16/h4-7,13-15,18-19,22,31H,8-12H2,1-3H3/t15-,18?,19-,22?/m1/s1. The van der Waals surface area contributed by atoms with Crippen molar-refractivity contribution in [1.82, 2.24) is 19.8 Å². The lowest BCUT2D eigenvalue weighted by molar-refractivity contribution is -0.114. The Kier molecular flexibility index (Phi) is 6.57. The van der Waals surface area contributed by atoms with Gasteiger partial charge in [0.2, 0.25) is 0 Å². The maximum Gasteiger partial charge on any atom is 0.139 e. The van der Waals surface area contributed by atoms with Crippen LogP contribution < -0.4 is 4.90 Å². The molecule has 4 rings (SSSR count). The van der Waals surface area contributed by atoms with Crippen LogP contribution in [0.1, 0.15) is 48.2 Å². The van der Waals surface area contributed by atoms with Crippen molar-refractivity contribution in [1.29, 1.82) is 0 Å². The predicted molar refractivity (Wildman–Crippen MR) is 122 cm³/mol. The highest BCUT2D eigenvalue weighted by Crippen LogP contribution is 2.43. The van der Waals surface area contributed by atoms with Crippen LogP contribution in [0.15, 0.2) is 30.6 Å². The zero-order valence-electron chi connectivity index (χ0n) is 18.3. The van der Waals surface area contributed by atoms with Crippen LogP contribution in [0.2, 0.25) is 5.02 Å². The Morgan fingerprint density at radius 1 is 1.16 bits per heavy atom. The minimum absolute atomic E-state index is 0.0521. The maximum absolute atomic E-state index is 12.0. The number of fused-ring (bicyclic) bond motifs is 1. The van der Waals surface area contributed by atoms with Crippen molar-refractivity contribution in [3.05, 3.63) is 52.4 Å². The molecule has 1 aromatic carbocycles. The Bertz CT molecular complexity index is 915. The van der Waals surface area contributed by atoms with Gasteiger partial charge in [-0.15, -0.1) is 0 Å². The lowest BCUT2D eigenvalue weighted by Crippen LogP contribution is -2.53. The fourth-order valence-electron chi connectivity index (χ4n) is 4.93. The number of carbonyl (C=O) groups excluding carboxylic acids is 1. The molecule has 4 atom stereocenters. The first kappa shape index (κ1) is 22.1. The second kappa shape index (κ2) is 9.20. The van der Waals surface area contributed by atoms with Gasteiger partial charge in [-0.05, 0) is 44.1 Å². The zero-order valence-corrected chi connectivity index (χ0v) is 19.0. The van der Waals surface area contributed by atoms with Crippen LogP contribution in [0, 0.1) is 0 Å². The van der Waals surface area contributed by atoms with E-state index in [0.29, 0.717) is 11.4 Å². The molecule has 1 aliphatic heterocycles. The van der Waals surface area contributed by atoms with Crippen molar-refractivity contribution >= 4 is 23.7 Å². The average Bonchev–Trinajstić information content (AvgIpc) is 3.06. The molecule has 0 spiro atoms. The minimum Gasteiger partial charge on any atom is -0.387 e. The average molecular weight is 444 g/mol. The van der Waals surface area contributed by atoms with Gasteiger partial charge in [0, 0.05) is 36.8 Å². The molecule has 0 saturated carbocycles. The highest BCUT2D eigenvalue weighted by Gasteiger charge is 2.36. The molecule has 2 heterocycles. The topological polar surface area (TPSA) is 72.8 Å². The molecule has 2 aliphatic rings. The van der Waals surface area contributed by atoms with E-state index in [-0.39, 0.29) is 18.0 Å². The van der Waals surface area contributed by atoms with E-state index in [1.807, 2.05) is 43.3 Å². The summed E-state index contributed by atoms with van der Waals surface area (Å²) in [5.41, 5.74) is 2.94. The number of anilines is 1. The SMILES string of the molecule is C[C@@H]1C[C@@H](O)c2ncnc(N3CCN(C(c4ccc(Cl)cc4)C(C=O)N(C)C)CC3)c21. The number of benzene rings is 1. The molecule has 1 aliphatic carbocycles. The number of aliphatic hydroxyl groups excluding tert-OH is 1. The molecule has 0 bridgehead atoms. The van der Waals surface area contributed by atoms with Crippen LogP contribution in [-0.2, 0) is 4.79 Å². The van der Waals surface area contributed by atoms with Crippen molar-refractivity contribution in [2.24, 2.45) is 0 Å². The molecule has 2 unspecified atom stereocenters. The third-order valence-electron chi connectivity index (χ3n) is 6.56. The summed E-state index contributed by atoms with van der Waals surface area (Å²) in [6.07, 6.45) is 2.79. The van der Waals surface area contributed by atoms with Crippen LogP contribution in [0.4, 0.5) is 5.82 Å². The summed E-state index contributed by atoms with van der Waals surface area (Å²) in [5, 5.41) is 11.0. The Balaban J connectivity index is 1.56. The Morgan fingerprint density at radius 2 is 1.84 bits per heavy atom. The Hall–Kier alpha value is -2.06. The Morgan fingerprint density at radius 3 is 2.45 bits per heavy atom. The molecule has 1 fully saturated rings. The third-order valence-corrected chi connectivity index (χ3v) is 6.81. The van der Waals surface area contributed by atoms with Gasteiger partial charge in [0.05, 0.1) is 23.9 Å². The number of carbonyl (C=O) groups is 1. The van der Waals surface area contributed by atoms with Crippen LogP contribution in [0.5, 0.6) is 0 Å². The predicted octanol–water partition coefficient (Wildman–Crippen LogP) is 2.66. The third kappa shape index (κ3) is 4.32. The minimum atomic E-state index is -0.504. The van der Waals surface area contributed by atoms with Gasteiger partial charge in [0.15, 0.2) is 0 Å². The van der Waals surface area contributed by atoms with E-state index in [4.69, 9.17) is 11.6 Å². The number of aromatic nitrogens is 2. The van der Waals surface area contributed by atoms with E-state index < -0.39 is 6.10 Å². The normalized spacial score (nSPS) is 23.6. The molecular formula is C23H30ClN5O2. The van der Waals surface area contributed by atoms with Gasteiger partial charge in [-0.25, -0.2) is 9.97 Å². The summed E-state index contributed by atoms with van der Waals surface area (Å²) in [4.78, 5) is 27.6. The molecular weight excluding hydrogens is 414 g/mol. The highest BCUT2D eigenvalue weighted by atomic mass is 35.5. The molecule has 1 N–H and O–H groups in total. The van der Waals surface area contributed by atoms with E-state index in [1.165, 1.54) is 0 Å². The van der Waals surface area contributed by atoms with E-state index in [9.17, 15) is 9.90 Å². The molecule has 0 radical (unpaired) electrons. The summed E-state index contributed by atoms with van der Waals surface area (Å²) in [6.45, 7) is 5.34. The molecule has 1 saturated heterocycles. The monoisotopic (exact) mass is 443 g/mol. The van der Waals surface area contributed by atoms with E-state index >= 15 is 0 Å². The number of hydrogen-bond acceptors (Lipinski definition) is 7. The lowest BCUT2D eigenvalue weighted by Gasteiger charge is -2.43. The van der Waals surface area contributed by atoms with Crippen LogP contribution in [0.25, 0.3) is 0 Å². The van der Waals surface area contributed by atoms with Gasteiger partial charge in [-0.1, -0.05) is 30.7 Å². The zero-order chi connectivity index (χ0) is 22.1.